The fourth-order valence-electron chi connectivity index (χ4n) is 0.397. The van der Waals surface area contributed by atoms with Gasteiger partial charge in [0.25, 0.3) is 0 Å². The number of nitrogens with zero attached hydrogens (tertiary/aromatic N) is 1. The van der Waals surface area contributed by atoms with E-state index in [0.717, 1.165) is 0 Å². The number of carbonyl (C=O) groups is 1. The number of methoxy groups -OCH3 is 1. The van der Waals surface area contributed by atoms with Crippen molar-refractivity contribution in [3.63, 3.8) is 0 Å². The van der Waals surface area contributed by atoms with Gasteiger partial charge in [-0.25, -0.2) is 9.39 Å². The maximum Gasteiger partial charge on any atom is 0.363 e. The van der Waals surface area contributed by atoms with Gasteiger partial charge in [-0.05, 0) is 0 Å². The van der Waals surface area contributed by atoms with Crippen LogP contribution in [0.25, 0.3) is 0 Å². The molecule has 0 atom stereocenters. The number of carbonyl (C=O) groups excluding carboxylic acids is 1. The third-order valence-electron chi connectivity index (χ3n) is 0.764. The molecule has 0 rings (SSSR count). The van der Waals surface area contributed by atoms with Gasteiger partial charge in [0.2, 0.25) is 0 Å². The molecule has 0 spiro atoms. The summed E-state index contributed by atoms with van der Waals surface area (Å²) in [5.74, 6) is 5.16. The van der Waals surface area contributed by atoms with Crippen molar-refractivity contribution >= 4 is 5.97 Å². The molecule has 0 saturated heterocycles. The van der Waals surface area contributed by atoms with E-state index in [1.165, 1.54) is 7.11 Å². The molecule has 4 nitrogen and oxygen atoms in total. The quantitative estimate of drug-likeness (QED) is 0.230. The molecule has 0 heterocycles. The molecule has 0 amide bonds. The summed E-state index contributed by atoms with van der Waals surface area (Å²) in [5.41, 5.74) is 0. The van der Waals surface area contributed by atoms with Crippen LogP contribution in [0.4, 0.5) is 0 Å². The summed E-state index contributed by atoms with van der Waals surface area (Å²) in [6, 6.07) is 0. The van der Waals surface area contributed by atoms with E-state index in [9.17, 15) is 4.79 Å². The molecule has 0 aliphatic heterocycles. The van der Waals surface area contributed by atoms with E-state index in [1.807, 2.05) is 0 Å². The molecule has 54 valence electrons. The second-order valence-electron chi connectivity index (χ2n) is 2.51. The first-order chi connectivity index (χ1) is 3.95. The lowest BCUT2D eigenvalue weighted by Crippen LogP contribution is -2.50. The highest BCUT2D eigenvalue weighted by atomic mass is 16.5. The highest BCUT2D eigenvalue weighted by Gasteiger charge is 2.14. The topological polar surface area (TPSA) is 52.3 Å². The number of hydrogen-bond donors (Lipinski definition) is 1. The van der Waals surface area contributed by atoms with Crippen molar-refractivity contribution in [2.75, 3.05) is 27.7 Å². The van der Waals surface area contributed by atoms with E-state index in [0.29, 0.717) is 0 Å². The van der Waals surface area contributed by atoms with Crippen molar-refractivity contribution in [1.29, 1.82) is 0 Å². The highest BCUT2D eigenvalue weighted by Crippen LogP contribution is 1.84. The predicted molar refractivity (Wildman–Crippen MR) is 33.2 cm³/mol. The van der Waals surface area contributed by atoms with Crippen LogP contribution in [-0.2, 0) is 9.53 Å². The molecule has 0 bridgehead atoms. The van der Waals surface area contributed by atoms with Crippen LogP contribution in [0.5, 0.6) is 0 Å². The van der Waals surface area contributed by atoms with Crippen LogP contribution >= 0.6 is 0 Å². The summed E-state index contributed by atoms with van der Waals surface area (Å²) < 4.78 is 4.51. The molecular weight excluding hydrogens is 120 g/mol. The molecule has 0 radical (unpaired) electrons. The lowest BCUT2D eigenvalue weighted by molar-refractivity contribution is -0.895. The number of hydrogen-bond acceptors (Lipinski definition) is 3. The maximum atomic E-state index is 10.5. The molecule has 2 N–H and O–H groups in total. The Morgan fingerprint density at radius 3 is 2.22 bits per heavy atom. The number of likely N-dealkylation sites (N-methyl/N-ethyl adjacent to an activating group) is 1. The van der Waals surface area contributed by atoms with Crippen molar-refractivity contribution < 1.29 is 14.1 Å². The Bertz CT molecular complexity index is 106. The van der Waals surface area contributed by atoms with Gasteiger partial charge in [0.1, 0.15) is 0 Å². The highest BCUT2D eigenvalue weighted by molar-refractivity contribution is 5.70. The van der Waals surface area contributed by atoms with Gasteiger partial charge < -0.3 is 4.74 Å². The molecule has 9 heavy (non-hydrogen) atoms. The molecule has 0 aliphatic rings. The fraction of sp³-hybridized carbons (Fsp3) is 0.800. The zero-order valence-electron chi connectivity index (χ0n) is 6.05. The average Bonchev–Trinajstić information content (AvgIpc) is 1.62. The molecular formula is C5H13N2O2+. The summed E-state index contributed by atoms with van der Waals surface area (Å²) in [6.45, 7) is 0.205. The first kappa shape index (κ1) is 8.39. The number of esters is 1. The summed E-state index contributed by atoms with van der Waals surface area (Å²) >= 11 is 0. The predicted octanol–water partition coefficient (Wildman–Crippen LogP) is -0.890. The first-order valence-electron chi connectivity index (χ1n) is 2.64. The third-order valence-corrected chi connectivity index (χ3v) is 0.764. The standard InChI is InChI=1S/C5H13N2O2/c1-7(2,6)4-5(8)9-3/h4,6H2,1-3H3/q+1. The SMILES string of the molecule is COC(=O)C[N+](C)(C)N. The van der Waals surface area contributed by atoms with Gasteiger partial charge in [-0.2, -0.15) is 5.84 Å². The Kier molecular flexibility index (Phi) is 2.61. The van der Waals surface area contributed by atoms with E-state index < -0.39 is 0 Å². The Balaban J connectivity index is 3.60. The summed E-state index contributed by atoms with van der Waals surface area (Å²) in [7, 11) is 4.78. The summed E-state index contributed by atoms with van der Waals surface area (Å²) in [5, 5.41) is 0. The molecule has 4 heteroatoms. The van der Waals surface area contributed by atoms with E-state index >= 15 is 0 Å². The van der Waals surface area contributed by atoms with Crippen LogP contribution in [0, 0.1) is 0 Å². The van der Waals surface area contributed by atoms with Crippen LogP contribution in [0.1, 0.15) is 0 Å². The minimum Gasteiger partial charge on any atom is -0.465 e. The second kappa shape index (κ2) is 2.80. The number of rotatable bonds is 2. The van der Waals surface area contributed by atoms with Gasteiger partial charge >= 0.3 is 5.97 Å². The van der Waals surface area contributed by atoms with Crippen LogP contribution in [0.3, 0.4) is 0 Å². The van der Waals surface area contributed by atoms with Crippen molar-refractivity contribution in [2.45, 2.75) is 0 Å². The lowest BCUT2D eigenvalue weighted by atomic mass is 10.6. The van der Waals surface area contributed by atoms with Gasteiger partial charge in [0.05, 0.1) is 21.2 Å². The zero-order valence-corrected chi connectivity index (χ0v) is 6.05. The Morgan fingerprint density at radius 2 is 2.11 bits per heavy atom. The van der Waals surface area contributed by atoms with Crippen LogP contribution < -0.4 is 5.84 Å². The van der Waals surface area contributed by atoms with Crippen LogP contribution in [0.15, 0.2) is 0 Å². The van der Waals surface area contributed by atoms with Gasteiger partial charge in [-0.3, -0.25) is 0 Å². The van der Waals surface area contributed by atoms with Crippen molar-refractivity contribution in [2.24, 2.45) is 5.84 Å². The molecule has 0 aromatic heterocycles. The van der Waals surface area contributed by atoms with Crippen molar-refractivity contribution in [3.05, 3.63) is 0 Å². The molecule has 0 aromatic rings. The lowest BCUT2D eigenvalue weighted by Gasteiger charge is -2.19. The van der Waals surface area contributed by atoms with Crippen molar-refractivity contribution in [3.8, 4) is 0 Å². The number of quaternary nitrogens is 1. The van der Waals surface area contributed by atoms with E-state index in [2.05, 4.69) is 4.74 Å². The van der Waals surface area contributed by atoms with Crippen LogP contribution in [-0.4, -0.2) is 38.3 Å². The normalized spacial score (nSPS) is 11.1. The minimum absolute atomic E-state index is 0.118. The van der Waals surface area contributed by atoms with Gasteiger partial charge in [-0.1, -0.05) is 0 Å². The summed E-state index contributed by atoms with van der Waals surface area (Å²) in [4.78, 5) is 10.5. The Morgan fingerprint density at radius 1 is 1.67 bits per heavy atom. The van der Waals surface area contributed by atoms with Crippen molar-refractivity contribution in [1.82, 2.24) is 0 Å². The number of nitrogens with two attached hydrogens (primary N) is 1. The van der Waals surface area contributed by atoms with Crippen LogP contribution in [0.2, 0.25) is 0 Å². The first-order valence-corrected chi connectivity index (χ1v) is 2.64. The fourth-order valence-corrected chi connectivity index (χ4v) is 0.397. The van der Waals surface area contributed by atoms with E-state index in [4.69, 9.17) is 5.84 Å². The largest absolute Gasteiger partial charge is 0.465 e. The third kappa shape index (κ3) is 5.26. The molecule has 0 saturated carbocycles. The zero-order chi connectivity index (χ0) is 7.49. The van der Waals surface area contributed by atoms with Gasteiger partial charge in [0, 0.05) is 0 Å². The Labute approximate surface area is 54.8 Å². The molecule has 0 fully saturated rings. The van der Waals surface area contributed by atoms with Gasteiger partial charge in [0.15, 0.2) is 6.54 Å². The second-order valence-corrected chi connectivity index (χ2v) is 2.51. The van der Waals surface area contributed by atoms with E-state index in [-0.39, 0.29) is 17.1 Å². The monoisotopic (exact) mass is 133 g/mol. The van der Waals surface area contributed by atoms with Gasteiger partial charge in [-0.15, -0.1) is 0 Å². The van der Waals surface area contributed by atoms with E-state index in [1.54, 1.807) is 14.1 Å². The minimum atomic E-state index is -0.289. The smallest absolute Gasteiger partial charge is 0.363 e. The molecule has 0 aromatic carbocycles. The molecule has 0 unspecified atom stereocenters. The Hall–Kier alpha value is -0.610. The maximum absolute atomic E-state index is 10.5. The number of ether oxygens (including phenoxy) is 1. The summed E-state index contributed by atoms with van der Waals surface area (Å²) in [6.07, 6.45) is 0. The average molecular weight is 133 g/mol. The molecule has 0 aliphatic carbocycles.